The highest BCUT2D eigenvalue weighted by Crippen LogP contribution is 2.46. The molecule has 0 atom stereocenters. The summed E-state index contributed by atoms with van der Waals surface area (Å²) in [5.74, 6) is 1.36. The van der Waals surface area contributed by atoms with Crippen LogP contribution in [0, 0.1) is 0 Å². The molecule has 0 aliphatic heterocycles. The molecule has 1 N–H and O–H groups in total. The first-order chi connectivity index (χ1) is 7.82. The predicted octanol–water partition coefficient (Wildman–Crippen LogP) is 5.90. The number of benzene rings is 1. The smallest absolute Gasteiger partial charge is 0.144 e. The van der Waals surface area contributed by atoms with Crippen molar-refractivity contribution in [1.82, 2.24) is 0 Å². The zero-order valence-corrected chi connectivity index (χ0v) is 14.4. The molecule has 1 aromatic rings. The Labute approximate surface area is 125 Å². The standard InChI is InChI=1S/C13H17Br2ClO/c1-6(2)9-8(5-16)10(7(3)4)12(15)13(17)11(9)14/h6-7,17H,5H2,1-4H3. The molecule has 0 aromatic heterocycles. The summed E-state index contributed by atoms with van der Waals surface area (Å²) in [6.07, 6.45) is 0. The Morgan fingerprint density at radius 1 is 1.00 bits per heavy atom. The summed E-state index contributed by atoms with van der Waals surface area (Å²) in [5, 5.41) is 10.1. The van der Waals surface area contributed by atoms with Crippen LogP contribution in [0.2, 0.25) is 0 Å². The Hall–Kier alpha value is 0.270. The van der Waals surface area contributed by atoms with Crippen LogP contribution in [-0.4, -0.2) is 5.11 Å². The van der Waals surface area contributed by atoms with Crippen LogP contribution in [0.1, 0.15) is 56.2 Å². The molecular weight excluding hydrogens is 367 g/mol. The number of aromatic hydroxyl groups is 1. The Kier molecular flexibility index (Phi) is 5.36. The van der Waals surface area contributed by atoms with Crippen LogP contribution in [0.15, 0.2) is 8.95 Å². The fourth-order valence-electron chi connectivity index (χ4n) is 2.11. The summed E-state index contributed by atoms with van der Waals surface area (Å²) in [5.41, 5.74) is 3.32. The number of phenols is 1. The summed E-state index contributed by atoms with van der Waals surface area (Å²) in [4.78, 5) is 0. The van der Waals surface area contributed by atoms with Crippen molar-refractivity contribution in [2.24, 2.45) is 0 Å². The molecule has 0 heterocycles. The zero-order chi connectivity index (χ0) is 13.3. The van der Waals surface area contributed by atoms with Gasteiger partial charge >= 0.3 is 0 Å². The molecular formula is C13H17Br2ClO. The van der Waals surface area contributed by atoms with E-state index in [1.807, 2.05) is 0 Å². The molecule has 0 bridgehead atoms. The van der Waals surface area contributed by atoms with E-state index in [-0.39, 0.29) is 5.75 Å². The van der Waals surface area contributed by atoms with Crippen molar-refractivity contribution in [1.29, 1.82) is 0 Å². The van der Waals surface area contributed by atoms with Crippen molar-refractivity contribution in [2.75, 3.05) is 0 Å². The van der Waals surface area contributed by atoms with E-state index in [4.69, 9.17) is 11.6 Å². The molecule has 17 heavy (non-hydrogen) atoms. The largest absolute Gasteiger partial charge is 0.506 e. The first-order valence-electron chi connectivity index (χ1n) is 5.61. The maximum Gasteiger partial charge on any atom is 0.144 e. The van der Waals surface area contributed by atoms with Gasteiger partial charge in [-0.25, -0.2) is 0 Å². The van der Waals surface area contributed by atoms with Gasteiger partial charge in [0, 0.05) is 5.88 Å². The highest BCUT2D eigenvalue weighted by Gasteiger charge is 2.23. The Bertz CT molecular complexity index is 393. The molecule has 0 saturated heterocycles. The third-order valence-electron chi connectivity index (χ3n) is 2.83. The van der Waals surface area contributed by atoms with Gasteiger partial charge < -0.3 is 5.11 Å². The lowest BCUT2D eigenvalue weighted by atomic mass is 9.89. The molecule has 96 valence electrons. The highest BCUT2D eigenvalue weighted by atomic mass is 79.9. The van der Waals surface area contributed by atoms with Gasteiger partial charge in [0.25, 0.3) is 0 Å². The summed E-state index contributed by atoms with van der Waals surface area (Å²) in [6.45, 7) is 8.42. The molecule has 0 spiro atoms. The van der Waals surface area contributed by atoms with Crippen molar-refractivity contribution in [3.05, 3.63) is 25.6 Å². The van der Waals surface area contributed by atoms with E-state index in [1.165, 1.54) is 0 Å². The molecule has 1 nitrogen and oxygen atoms in total. The molecule has 4 heteroatoms. The van der Waals surface area contributed by atoms with Crippen LogP contribution in [0.4, 0.5) is 0 Å². The van der Waals surface area contributed by atoms with Gasteiger partial charge in [0.1, 0.15) is 5.75 Å². The predicted molar refractivity (Wildman–Crippen MR) is 81.2 cm³/mol. The minimum atomic E-state index is 0.270. The number of hydrogen-bond acceptors (Lipinski definition) is 1. The Morgan fingerprint density at radius 2 is 1.35 bits per heavy atom. The third-order valence-corrected chi connectivity index (χ3v) is 4.70. The van der Waals surface area contributed by atoms with Crippen LogP contribution in [0.3, 0.4) is 0 Å². The van der Waals surface area contributed by atoms with E-state index >= 15 is 0 Å². The van der Waals surface area contributed by atoms with E-state index in [2.05, 4.69) is 59.6 Å². The van der Waals surface area contributed by atoms with Crippen LogP contribution in [0.25, 0.3) is 0 Å². The SMILES string of the molecule is CC(C)c1c(Br)c(O)c(Br)c(C(C)C)c1CCl. The second-order valence-electron chi connectivity index (χ2n) is 4.73. The second-order valence-corrected chi connectivity index (χ2v) is 6.58. The number of halogens is 3. The van der Waals surface area contributed by atoms with Crippen molar-refractivity contribution < 1.29 is 5.11 Å². The molecule has 0 amide bonds. The van der Waals surface area contributed by atoms with Gasteiger partial charge in [-0.3, -0.25) is 0 Å². The van der Waals surface area contributed by atoms with E-state index in [0.717, 1.165) is 25.6 Å². The molecule has 1 aromatic carbocycles. The zero-order valence-electron chi connectivity index (χ0n) is 10.4. The van der Waals surface area contributed by atoms with Gasteiger partial charge in [0.2, 0.25) is 0 Å². The van der Waals surface area contributed by atoms with Gasteiger partial charge in [0.15, 0.2) is 0 Å². The van der Waals surface area contributed by atoms with Gasteiger partial charge in [-0.2, -0.15) is 0 Å². The molecule has 0 unspecified atom stereocenters. The van der Waals surface area contributed by atoms with Crippen molar-refractivity contribution >= 4 is 43.5 Å². The normalized spacial score (nSPS) is 11.6. The van der Waals surface area contributed by atoms with Crippen LogP contribution in [-0.2, 0) is 5.88 Å². The average molecular weight is 385 g/mol. The number of alkyl halides is 1. The highest BCUT2D eigenvalue weighted by molar-refractivity contribution is 9.11. The molecule has 0 aliphatic carbocycles. The van der Waals surface area contributed by atoms with Crippen molar-refractivity contribution in [3.63, 3.8) is 0 Å². The first kappa shape index (κ1) is 15.3. The maximum atomic E-state index is 10.1. The number of hydrogen-bond donors (Lipinski definition) is 1. The third kappa shape index (κ3) is 2.82. The van der Waals surface area contributed by atoms with Crippen LogP contribution < -0.4 is 0 Å². The minimum Gasteiger partial charge on any atom is -0.506 e. The van der Waals surface area contributed by atoms with E-state index < -0.39 is 0 Å². The summed E-state index contributed by atoms with van der Waals surface area (Å²) >= 11 is 13.0. The minimum absolute atomic E-state index is 0.270. The van der Waals surface area contributed by atoms with Gasteiger partial charge in [0.05, 0.1) is 8.95 Å². The monoisotopic (exact) mass is 382 g/mol. The lowest BCUT2D eigenvalue weighted by Gasteiger charge is -2.22. The van der Waals surface area contributed by atoms with Gasteiger partial charge in [-0.1, -0.05) is 27.7 Å². The van der Waals surface area contributed by atoms with E-state index in [0.29, 0.717) is 17.7 Å². The summed E-state index contributed by atoms with van der Waals surface area (Å²) < 4.78 is 1.50. The van der Waals surface area contributed by atoms with Crippen molar-refractivity contribution in [3.8, 4) is 5.75 Å². The Balaban J connectivity index is 3.72. The van der Waals surface area contributed by atoms with E-state index in [1.54, 1.807) is 0 Å². The quantitative estimate of drug-likeness (QED) is 0.643. The number of phenolic OH excluding ortho intramolecular Hbond substituents is 1. The fraction of sp³-hybridized carbons (Fsp3) is 0.538. The molecule has 1 rings (SSSR count). The molecule has 0 saturated carbocycles. The number of rotatable bonds is 3. The van der Waals surface area contributed by atoms with Crippen LogP contribution >= 0.6 is 43.5 Å². The summed E-state index contributed by atoms with van der Waals surface area (Å²) in [6, 6.07) is 0. The van der Waals surface area contributed by atoms with Crippen molar-refractivity contribution in [2.45, 2.75) is 45.4 Å². The van der Waals surface area contributed by atoms with Gasteiger partial charge in [-0.15, -0.1) is 11.6 Å². The molecule has 0 radical (unpaired) electrons. The molecule has 0 fully saturated rings. The van der Waals surface area contributed by atoms with Crippen LogP contribution in [0.5, 0.6) is 5.75 Å². The summed E-state index contributed by atoms with van der Waals surface area (Å²) in [7, 11) is 0. The fourth-order valence-corrected chi connectivity index (χ4v) is 4.45. The molecule has 0 aliphatic rings. The lowest BCUT2D eigenvalue weighted by molar-refractivity contribution is 0.464. The average Bonchev–Trinajstić information content (AvgIpc) is 2.23. The first-order valence-corrected chi connectivity index (χ1v) is 7.73. The van der Waals surface area contributed by atoms with Gasteiger partial charge in [-0.05, 0) is 60.4 Å². The topological polar surface area (TPSA) is 20.2 Å². The maximum absolute atomic E-state index is 10.1. The lowest BCUT2D eigenvalue weighted by Crippen LogP contribution is -2.05. The Morgan fingerprint density at radius 3 is 1.59 bits per heavy atom. The second kappa shape index (κ2) is 5.94. The van der Waals surface area contributed by atoms with E-state index in [9.17, 15) is 5.11 Å².